The average Bonchev–Trinajstić information content (AvgIpc) is 3.20. The van der Waals surface area contributed by atoms with Crippen LogP contribution in [0.4, 0.5) is 0 Å². The first kappa shape index (κ1) is 21.4. The lowest BCUT2D eigenvalue weighted by Gasteiger charge is -2.06. The molecule has 3 aliphatic heterocycles. The first-order valence-electron chi connectivity index (χ1n) is 8.33. The third kappa shape index (κ3) is 9.18. The summed E-state index contributed by atoms with van der Waals surface area (Å²) in [6.45, 7) is 7.20. The largest absolute Gasteiger partial charge is 0.356 e. The number of rotatable bonds is 0. The third-order valence-corrected chi connectivity index (χ3v) is 3.50. The molecule has 3 amide bonds. The predicted octanol–water partition coefficient (Wildman–Crippen LogP) is 0.509. The zero-order valence-electron chi connectivity index (χ0n) is 15.2. The van der Waals surface area contributed by atoms with E-state index in [1.165, 1.54) is 0 Å². The maximum Gasteiger partial charge on any atom is 0.237 e. The average molecular weight is 328 g/mol. The van der Waals surface area contributed by atoms with Gasteiger partial charge in [0.15, 0.2) is 0 Å². The topological polar surface area (TPSA) is 73.0 Å². The fourth-order valence-electron chi connectivity index (χ4n) is 2.19. The minimum Gasteiger partial charge on any atom is -0.356 e. The molecule has 0 spiro atoms. The second-order valence-electron chi connectivity index (χ2n) is 5.62. The van der Waals surface area contributed by atoms with Gasteiger partial charge in [-0.15, -0.1) is 0 Å². The van der Waals surface area contributed by atoms with E-state index in [4.69, 9.17) is 0 Å². The Morgan fingerprint density at radius 3 is 1.65 bits per heavy atom. The lowest BCUT2D eigenvalue weighted by atomic mass is 10.4. The van der Waals surface area contributed by atoms with E-state index in [2.05, 4.69) is 5.32 Å². The smallest absolute Gasteiger partial charge is 0.237 e. The van der Waals surface area contributed by atoms with Crippen molar-refractivity contribution in [2.75, 3.05) is 47.4 Å². The summed E-state index contributed by atoms with van der Waals surface area (Å²) in [5, 5.41) is 2.68. The second-order valence-corrected chi connectivity index (χ2v) is 5.62. The third-order valence-electron chi connectivity index (χ3n) is 3.50. The number of likely N-dealkylation sites (tertiary alicyclic amines) is 1. The van der Waals surface area contributed by atoms with Crippen molar-refractivity contribution in [3.05, 3.63) is 0 Å². The zero-order valence-corrected chi connectivity index (χ0v) is 15.2. The van der Waals surface area contributed by atoms with Gasteiger partial charge >= 0.3 is 0 Å². The van der Waals surface area contributed by atoms with Crippen LogP contribution in [0, 0.1) is 0 Å². The number of carbonyl (C=O) groups is 3. The van der Waals surface area contributed by atoms with Crippen LogP contribution < -0.4 is 5.32 Å². The van der Waals surface area contributed by atoms with Gasteiger partial charge in [0.1, 0.15) is 0 Å². The summed E-state index contributed by atoms with van der Waals surface area (Å²) in [5.41, 5.74) is 0. The fraction of sp³-hybridized carbons (Fsp3) is 0.812. The molecule has 0 unspecified atom stereocenters. The first-order valence-corrected chi connectivity index (χ1v) is 8.33. The molecule has 0 aromatic rings. The molecule has 0 radical (unpaired) electrons. The van der Waals surface area contributed by atoms with Crippen LogP contribution in [0.15, 0.2) is 0 Å². The van der Waals surface area contributed by atoms with Crippen molar-refractivity contribution < 1.29 is 14.4 Å². The number of hydrogen-bond acceptors (Lipinski definition) is 4. The van der Waals surface area contributed by atoms with Crippen molar-refractivity contribution in [2.45, 2.75) is 39.5 Å². The molecule has 134 valence electrons. The van der Waals surface area contributed by atoms with Gasteiger partial charge in [-0.1, -0.05) is 13.8 Å². The summed E-state index contributed by atoms with van der Waals surface area (Å²) in [5.74, 6) is 0.711. The Morgan fingerprint density at radius 1 is 0.870 bits per heavy atom. The fourth-order valence-corrected chi connectivity index (χ4v) is 2.19. The van der Waals surface area contributed by atoms with Crippen LogP contribution in [0.1, 0.15) is 39.5 Å². The van der Waals surface area contributed by atoms with Gasteiger partial charge in [-0.05, 0) is 19.9 Å². The Morgan fingerprint density at radius 2 is 1.52 bits per heavy atom. The van der Waals surface area contributed by atoms with Crippen LogP contribution in [0.25, 0.3) is 0 Å². The normalized spacial score (nSPS) is 20.1. The Bertz CT molecular complexity index is 380. The molecule has 0 bridgehead atoms. The summed E-state index contributed by atoms with van der Waals surface area (Å²) in [6, 6.07) is 0. The number of amides is 3. The zero-order chi connectivity index (χ0) is 17.8. The number of nitrogens with one attached hydrogen (secondary N) is 1. The van der Waals surface area contributed by atoms with Crippen molar-refractivity contribution >= 4 is 17.7 Å². The van der Waals surface area contributed by atoms with E-state index in [1.54, 1.807) is 9.80 Å². The summed E-state index contributed by atoms with van der Waals surface area (Å²) in [6.07, 6.45) is 3.57. The van der Waals surface area contributed by atoms with Gasteiger partial charge in [0.05, 0.1) is 13.2 Å². The van der Waals surface area contributed by atoms with Gasteiger partial charge in [-0.3, -0.25) is 19.3 Å². The van der Waals surface area contributed by atoms with E-state index in [0.717, 1.165) is 45.4 Å². The quantitative estimate of drug-likeness (QED) is 0.703. The number of hydrogen-bond donors (Lipinski definition) is 1. The molecule has 3 fully saturated rings. The molecular formula is C16H32N4O3. The highest BCUT2D eigenvalue weighted by atomic mass is 16.2. The van der Waals surface area contributed by atoms with Crippen LogP contribution >= 0.6 is 0 Å². The van der Waals surface area contributed by atoms with E-state index < -0.39 is 0 Å². The lowest BCUT2D eigenvalue weighted by Crippen LogP contribution is -2.20. The Hall–Kier alpha value is -1.63. The highest BCUT2D eigenvalue weighted by molar-refractivity contribution is 5.79. The van der Waals surface area contributed by atoms with Crippen molar-refractivity contribution in [3.63, 3.8) is 0 Å². The van der Waals surface area contributed by atoms with Gasteiger partial charge in [-0.2, -0.15) is 0 Å². The molecule has 1 N–H and O–H groups in total. The predicted molar refractivity (Wildman–Crippen MR) is 90.7 cm³/mol. The maximum absolute atomic E-state index is 10.7. The molecule has 0 aromatic heterocycles. The van der Waals surface area contributed by atoms with Crippen molar-refractivity contribution in [3.8, 4) is 0 Å². The number of nitrogens with zero attached hydrogens (tertiary/aromatic N) is 3. The molecule has 0 saturated carbocycles. The van der Waals surface area contributed by atoms with Gasteiger partial charge in [0, 0.05) is 40.0 Å². The molecule has 3 heterocycles. The highest BCUT2D eigenvalue weighted by Crippen LogP contribution is 2.04. The minimum atomic E-state index is 0.204. The van der Waals surface area contributed by atoms with E-state index in [9.17, 15) is 14.4 Å². The van der Waals surface area contributed by atoms with Gasteiger partial charge in [-0.25, -0.2) is 0 Å². The van der Waals surface area contributed by atoms with Crippen LogP contribution in [0.3, 0.4) is 0 Å². The van der Waals surface area contributed by atoms with E-state index in [-0.39, 0.29) is 11.8 Å². The first-order chi connectivity index (χ1) is 10.9. The Kier molecular flexibility index (Phi) is 11.0. The molecule has 0 aliphatic carbocycles. The molecule has 3 aliphatic rings. The molecule has 0 atom stereocenters. The molecule has 23 heavy (non-hydrogen) atoms. The SMILES string of the molecule is CC.CN1CC(=O)N(C)C1.CN1CCCC1=O.O=C1CCCN1. The molecule has 7 nitrogen and oxygen atoms in total. The van der Waals surface area contributed by atoms with E-state index in [1.807, 2.05) is 39.9 Å². The van der Waals surface area contributed by atoms with Crippen molar-refractivity contribution in [1.29, 1.82) is 0 Å². The Labute approximate surface area is 140 Å². The highest BCUT2D eigenvalue weighted by Gasteiger charge is 2.19. The van der Waals surface area contributed by atoms with E-state index >= 15 is 0 Å². The van der Waals surface area contributed by atoms with Crippen LogP contribution in [0.5, 0.6) is 0 Å². The molecular weight excluding hydrogens is 296 g/mol. The van der Waals surface area contributed by atoms with Gasteiger partial charge in [0.25, 0.3) is 0 Å². The van der Waals surface area contributed by atoms with Crippen molar-refractivity contribution in [1.82, 2.24) is 20.0 Å². The minimum absolute atomic E-state index is 0.204. The molecule has 3 rings (SSSR count). The Balaban J connectivity index is 0.000000302. The van der Waals surface area contributed by atoms with Crippen LogP contribution in [-0.4, -0.2) is 79.9 Å². The van der Waals surface area contributed by atoms with Crippen LogP contribution in [-0.2, 0) is 14.4 Å². The summed E-state index contributed by atoms with van der Waals surface area (Å²) in [4.78, 5) is 36.7. The number of likely N-dealkylation sites (N-methyl/N-ethyl adjacent to an activating group) is 2. The molecule has 3 saturated heterocycles. The van der Waals surface area contributed by atoms with Crippen LogP contribution in [0.2, 0.25) is 0 Å². The molecule has 7 heteroatoms. The lowest BCUT2D eigenvalue weighted by molar-refractivity contribution is -0.127. The second kappa shape index (κ2) is 11.9. The monoisotopic (exact) mass is 328 g/mol. The van der Waals surface area contributed by atoms with E-state index in [0.29, 0.717) is 12.5 Å². The maximum atomic E-state index is 10.7. The number of carbonyl (C=O) groups excluding carboxylic acids is 3. The summed E-state index contributed by atoms with van der Waals surface area (Å²) >= 11 is 0. The summed E-state index contributed by atoms with van der Waals surface area (Å²) in [7, 11) is 5.59. The standard InChI is InChI=1S/C5H10N2O.C5H9NO.C4H7NO.C2H6/c1-6-3-5(8)7(2)4-6;1-6-4-2-3-5(6)7;6-4-2-1-3-5-4;1-2/h3-4H2,1-2H3;2-4H2,1H3;1-3H2,(H,5,6);1-2H3. The van der Waals surface area contributed by atoms with Crippen molar-refractivity contribution in [2.24, 2.45) is 0 Å². The molecule has 0 aromatic carbocycles. The van der Waals surface area contributed by atoms with Gasteiger partial charge in [0.2, 0.25) is 17.7 Å². The summed E-state index contributed by atoms with van der Waals surface area (Å²) < 4.78 is 0. The van der Waals surface area contributed by atoms with Gasteiger partial charge < -0.3 is 15.1 Å².